The molecule has 2 aromatic rings. The summed E-state index contributed by atoms with van der Waals surface area (Å²) in [7, 11) is 0. The van der Waals surface area contributed by atoms with Crippen LogP contribution in [-0.2, 0) is 0 Å². The third kappa shape index (κ3) is 2.64. The van der Waals surface area contributed by atoms with Crippen LogP contribution in [0.4, 0.5) is 11.6 Å². The van der Waals surface area contributed by atoms with Crippen molar-refractivity contribution in [1.82, 2.24) is 15.0 Å². The van der Waals surface area contributed by atoms with Gasteiger partial charge in [0.25, 0.3) is 0 Å². The number of anilines is 2. The Morgan fingerprint density at radius 3 is 2.00 bits per heavy atom. The summed E-state index contributed by atoms with van der Waals surface area (Å²) in [5.74, 6) is 0.685. The molecule has 0 saturated carbocycles. The van der Waals surface area contributed by atoms with E-state index in [2.05, 4.69) is 65.7 Å². The van der Waals surface area contributed by atoms with Gasteiger partial charge in [0.05, 0.1) is 0 Å². The summed E-state index contributed by atoms with van der Waals surface area (Å²) < 4.78 is 0. The van der Waals surface area contributed by atoms with E-state index < -0.39 is 0 Å². The molecule has 0 atom stereocenters. The zero-order valence-electron chi connectivity index (χ0n) is 11.3. The van der Waals surface area contributed by atoms with Gasteiger partial charge in [-0.15, -0.1) is 0 Å². The molecule has 1 aromatic carbocycles. The number of aryl methyl sites for hydroxylation is 2. The van der Waals surface area contributed by atoms with Gasteiger partial charge in [-0.3, -0.25) is 0 Å². The molecule has 94 valence electrons. The van der Waals surface area contributed by atoms with E-state index in [0.717, 1.165) is 5.69 Å². The van der Waals surface area contributed by atoms with Crippen LogP contribution in [0.5, 0.6) is 0 Å². The van der Waals surface area contributed by atoms with Crippen LogP contribution < -0.4 is 4.90 Å². The third-order valence-electron chi connectivity index (χ3n) is 2.70. The summed E-state index contributed by atoms with van der Waals surface area (Å²) >= 11 is 0. The molecule has 4 heteroatoms. The van der Waals surface area contributed by atoms with Gasteiger partial charge >= 0.3 is 0 Å². The van der Waals surface area contributed by atoms with Crippen LogP contribution in [0.15, 0.2) is 30.9 Å². The van der Waals surface area contributed by atoms with Gasteiger partial charge in [-0.1, -0.05) is 6.07 Å². The lowest BCUT2D eigenvalue weighted by Crippen LogP contribution is -2.27. The molecule has 4 nitrogen and oxygen atoms in total. The minimum absolute atomic E-state index is 0.286. The van der Waals surface area contributed by atoms with E-state index in [1.807, 2.05) is 0 Å². The maximum Gasteiger partial charge on any atom is 0.233 e. The van der Waals surface area contributed by atoms with Gasteiger partial charge in [0.15, 0.2) is 0 Å². The Balaban J connectivity index is 2.48. The Morgan fingerprint density at radius 1 is 0.944 bits per heavy atom. The van der Waals surface area contributed by atoms with Crippen LogP contribution in [-0.4, -0.2) is 21.0 Å². The van der Waals surface area contributed by atoms with Crippen molar-refractivity contribution >= 4 is 11.6 Å². The minimum atomic E-state index is 0.286. The van der Waals surface area contributed by atoms with Gasteiger partial charge in [-0.05, 0) is 51.0 Å². The normalized spacial score (nSPS) is 10.7. The second kappa shape index (κ2) is 5.12. The maximum atomic E-state index is 4.24. The van der Waals surface area contributed by atoms with Crippen molar-refractivity contribution in [1.29, 1.82) is 0 Å². The van der Waals surface area contributed by atoms with Crippen molar-refractivity contribution in [3.8, 4) is 0 Å². The summed E-state index contributed by atoms with van der Waals surface area (Å²) in [5, 5.41) is 0. The fourth-order valence-corrected chi connectivity index (χ4v) is 2.09. The van der Waals surface area contributed by atoms with E-state index in [4.69, 9.17) is 0 Å². The Kier molecular flexibility index (Phi) is 3.55. The summed E-state index contributed by atoms with van der Waals surface area (Å²) in [5.41, 5.74) is 3.60. The molecule has 0 saturated heterocycles. The smallest absolute Gasteiger partial charge is 0.233 e. The SMILES string of the molecule is Cc1cc(C)cc(N(c2ncncn2)C(C)C)c1. The molecule has 2 rings (SSSR count). The molecule has 0 fully saturated rings. The first-order valence-electron chi connectivity index (χ1n) is 6.07. The zero-order chi connectivity index (χ0) is 13.1. The summed E-state index contributed by atoms with van der Waals surface area (Å²) in [6.07, 6.45) is 3.06. The lowest BCUT2D eigenvalue weighted by atomic mass is 10.1. The number of hydrogen-bond acceptors (Lipinski definition) is 4. The van der Waals surface area contributed by atoms with Crippen LogP contribution in [0.25, 0.3) is 0 Å². The van der Waals surface area contributed by atoms with Crippen molar-refractivity contribution in [2.45, 2.75) is 33.7 Å². The molecule has 0 N–H and O–H groups in total. The molecule has 0 spiro atoms. The monoisotopic (exact) mass is 242 g/mol. The Bertz CT molecular complexity index is 502. The van der Waals surface area contributed by atoms with Crippen LogP contribution in [0.1, 0.15) is 25.0 Å². The van der Waals surface area contributed by atoms with Gasteiger partial charge in [0.2, 0.25) is 5.95 Å². The fraction of sp³-hybridized carbons (Fsp3) is 0.357. The second-order valence-corrected chi connectivity index (χ2v) is 4.75. The average Bonchev–Trinajstić information content (AvgIpc) is 2.28. The molecule has 0 radical (unpaired) electrons. The lowest BCUT2D eigenvalue weighted by molar-refractivity contribution is 0.757. The van der Waals surface area contributed by atoms with Crippen molar-refractivity contribution in [2.75, 3.05) is 4.90 Å². The molecule has 0 aliphatic rings. The maximum absolute atomic E-state index is 4.24. The standard InChI is InChI=1S/C14H18N4/c1-10(2)18(14-16-8-15-9-17-14)13-6-11(3)5-12(4)7-13/h5-10H,1-4H3. The highest BCUT2D eigenvalue weighted by Gasteiger charge is 2.15. The van der Waals surface area contributed by atoms with E-state index >= 15 is 0 Å². The van der Waals surface area contributed by atoms with E-state index in [0.29, 0.717) is 5.95 Å². The summed E-state index contributed by atoms with van der Waals surface area (Å²) in [6.45, 7) is 8.45. The predicted molar refractivity (Wildman–Crippen MR) is 73.0 cm³/mol. The Hall–Kier alpha value is -1.97. The van der Waals surface area contributed by atoms with Crippen molar-refractivity contribution in [3.05, 3.63) is 42.0 Å². The first-order chi connectivity index (χ1) is 8.58. The van der Waals surface area contributed by atoms with E-state index in [-0.39, 0.29) is 6.04 Å². The number of benzene rings is 1. The van der Waals surface area contributed by atoms with Crippen molar-refractivity contribution in [2.24, 2.45) is 0 Å². The Labute approximate surface area is 108 Å². The van der Waals surface area contributed by atoms with E-state index in [9.17, 15) is 0 Å². The highest BCUT2D eigenvalue weighted by molar-refractivity contribution is 5.60. The van der Waals surface area contributed by atoms with Crippen molar-refractivity contribution in [3.63, 3.8) is 0 Å². The highest BCUT2D eigenvalue weighted by Crippen LogP contribution is 2.26. The number of aromatic nitrogens is 3. The van der Waals surface area contributed by atoms with E-state index in [1.54, 1.807) is 0 Å². The molecule has 0 bridgehead atoms. The van der Waals surface area contributed by atoms with Crippen molar-refractivity contribution < 1.29 is 0 Å². The topological polar surface area (TPSA) is 41.9 Å². The molecule has 18 heavy (non-hydrogen) atoms. The van der Waals surface area contributed by atoms with E-state index in [1.165, 1.54) is 23.8 Å². The number of hydrogen-bond donors (Lipinski definition) is 0. The molecular weight excluding hydrogens is 224 g/mol. The molecular formula is C14H18N4. The molecule has 0 aliphatic heterocycles. The summed E-state index contributed by atoms with van der Waals surface area (Å²) in [4.78, 5) is 14.5. The quantitative estimate of drug-likeness (QED) is 0.829. The van der Waals surface area contributed by atoms with Crippen LogP contribution >= 0.6 is 0 Å². The number of nitrogens with zero attached hydrogens (tertiary/aromatic N) is 4. The Morgan fingerprint density at radius 2 is 1.50 bits per heavy atom. The molecule has 0 unspecified atom stereocenters. The lowest BCUT2D eigenvalue weighted by Gasteiger charge is -2.27. The zero-order valence-corrected chi connectivity index (χ0v) is 11.3. The third-order valence-corrected chi connectivity index (χ3v) is 2.70. The van der Waals surface area contributed by atoms with Gasteiger partial charge in [-0.2, -0.15) is 0 Å². The largest absolute Gasteiger partial charge is 0.308 e. The first kappa shape index (κ1) is 12.5. The first-order valence-corrected chi connectivity index (χ1v) is 6.07. The van der Waals surface area contributed by atoms with Gasteiger partial charge in [0, 0.05) is 11.7 Å². The van der Waals surface area contributed by atoms with Gasteiger partial charge in [-0.25, -0.2) is 15.0 Å². The van der Waals surface area contributed by atoms with Gasteiger partial charge in [0.1, 0.15) is 12.7 Å². The molecule has 0 aliphatic carbocycles. The molecule has 1 aromatic heterocycles. The number of rotatable bonds is 3. The second-order valence-electron chi connectivity index (χ2n) is 4.75. The highest BCUT2D eigenvalue weighted by atomic mass is 15.3. The van der Waals surface area contributed by atoms with Gasteiger partial charge < -0.3 is 4.90 Å². The summed E-state index contributed by atoms with van der Waals surface area (Å²) in [6, 6.07) is 6.75. The minimum Gasteiger partial charge on any atom is -0.308 e. The molecule has 1 heterocycles. The fourth-order valence-electron chi connectivity index (χ4n) is 2.09. The predicted octanol–water partition coefficient (Wildman–Crippen LogP) is 3.03. The van der Waals surface area contributed by atoms with Crippen LogP contribution in [0, 0.1) is 13.8 Å². The van der Waals surface area contributed by atoms with Crippen LogP contribution in [0.2, 0.25) is 0 Å². The van der Waals surface area contributed by atoms with Crippen LogP contribution in [0.3, 0.4) is 0 Å². The average molecular weight is 242 g/mol. The molecule has 0 amide bonds.